The molecule has 5 amide bonds. The third kappa shape index (κ3) is 4.94. The first-order valence-corrected chi connectivity index (χ1v) is 12.2. The topological polar surface area (TPSA) is 98.8 Å². The maximum atomic E-state index is 13.1. The lowest BCUT2D eigenvalue weighted by Gasteiger charge is -2.42. The minimum atomic E-state index is -0.847. The van der Waals surface area contributed by atoms with Gasteiger partial charge in [-0.05, 0) is 49.9 Å². The van der Waals surface area contributed by atoms with E-state index in [4.69, 9.17) is 0 Å². The van der Waals surface area contributed by atoms with Gasteiger partial charge in [0, 0.05) is 25.0 Å². The summed E-state index contributed by atoms with van der Waals surface area (Å²) < 4.78 is 0. The molecule has 2 heterocycles. The molecule has 0 unspecified atom stereocenters. The molecule has 8 nitrogen and oxygen atoms in total. The summed E-state index contributed by atoms with van der Waals surface area (Å²) in [6.07, 6.45) is 5.52. The summed E-state index contributed by atoms with van der Waals surface area (Å²) in [6.45, 7) is 11.5. The van der Waals surface area contributed by atoms with Crippen molar-refractivity contribution in [3.8, 4) is 0 Å². The van der Waals surface area contributed by atoms with Crippen molar-refractivity contribution < 1.29 is 19.2 Å². The Balaban J connectivity index is 1.51. The normalized spacial score (nSPS) is 27.2. The average Bonchev–Trinajstić information content (AvgIpc) is 2.98. The molecule has 3 fully saturated rings. The second kappa shape index (κ2) is 9.40. The van der Waals surface area contributed by atoms with Crippen LogP contribution in [-0.4, -0.2) is 64.8 Å². The van der Waals surface area contributed by atoms with Crippen LogP contribution in [0.15, 0.2) is 0 Å². The predicted molar refractivity (Wildman–Crippen MR) is 122 cm³/mol. The molecule has 0 aromatic carbocycles. The lowest BCUT2D eigenvalue weighted by Crippen LogP contribution is -2.52. The summed E-state index contributed by atoms with van der Waals surface area (Å²) in [6, 6.07) is -0.504. The van der Waals surface area contributed by atoms with Crippen LogP contribution in [0, 0.1) is 17.3 Å². The molecule has 0 aromatic rings. The molecule has 0 aromatic heterocycles. The van der Waals surface area contributed by atoms with Crippen LogP contribution < -0.4 is 10.6 Å². The molecule has 180 valence electrons. The lowest BCUT2D eigenvalue weighted by atomic mass is 9.65. The summed E-state index contributed by atoms with van der Waals surface area (Å²) >= 11 is 0. The van der Waals surface area contributed by atoms with Gasteiger partial charge in [0.2, 0.25) is 11.8 Å². The highest BCUT2D eigenvalue weighted by Gasteiger charge is 2.53. The Bertz CT molecular complexity index is 747. The number of likely N-dealkylation sites (tertiary alicyclic amines) is 1. The van der Waals surface area contributed by atoms with Gasteiger partial charge in [-0.25, -0.2) is 4.79 Å². The first-order chi connectivity index (χ1) is 15.0. The molecule has 0 radical (unpaired) electrons. The Kier molecular flexibility index (Phi) is 7.20. The van der Waals surface area contributed by atoms with Crippen molar-refractivity contribution in [3.63, 3.8) is 0 Å². The number of amides is 5. The number of urea groups is 1. The van der Waals surface area contributed by atoms with E-state index in [1.807, 2.05) is 18.7 Å². The van der Waals surface area contributed by atoms with Gasteiger partial charge in [0.25, 0.3) is 5.91 Å². The SMILES string of the molecule is CCC(C)(C)C1CCC2(CC1)NC(=O)N(CC(=O)NC1CCN(C(=O)C(C)C)CC1)C2=O. The van der Waals surface area contributed by atoms with Gasteiger partial charge >= 0.3 is 6.03 Å². The van der Waals surface area contributed by atoms with E-state index in [0.29, 0.717) is 44.7 Å². The third-order valence-electron chi connectivity index (χ3n) is 8.07. The maximum Gasteiger partial charge on any atom is 0.325 e. The molecular weight excluding hydrogens is 408 g/mol. The molecule has 8 heteroatoms. The number of hydrogen-bond donors (Lipinski definition) is 2. The van der Waals surface area contributed by atoms with Gasteiger partial charge in [-0.2, -0.15) is 0 Å². The predicted octanol–water partition coefficient (Wildman–Crippen LogP) is 2.67. The van der Waals surface area contributed by atoms with E-state index in [-0.39, 0.29) is 41.6 Å². The van der Waals surface area contributed by atoms with Crippen LogP contribution in [0.25, 0.3) is 0 Å². The number of nitrogens with zero attached hydrogens (tertiary/aromatic N) is 2. The minimum absolute atomic E-state index is 0.0312. The molecule has 0 bridgehead atoms. The summed E-state index contributed by atoms with van der Waals surface area (Å²) in [5, 5.41) is 5.86. The van der Waals surface area contributed by atoms with Gasteiger partial charge in [-0.1, -0.05) is 41.0 Å². The largest absolute Gasteiger partial charge is 0.352 e. The zero-order valence-electron chi connectivity index (χ0n) is 20.3. The third-order valence-corrected chi connectivity index (χ3v) is 8.07. The van der Waals surface area contributed by atoms with Crippen LogP contribution in [0.4, 0.5) is 4.79 Å². The molecule has 1 spiro atoms. The summed E-state index contributed by atoms with van der Waals surface area (Å²) in [7, 11) is 0. The molecule has 2 aliphatic heterocycles. The Hall–Kier alpha value is -2.12. The van der Waals surface area contributed by atoms with Crippen molar-refractivity contribution in [1.82, 2.24) is 20.4 Å². The van der Waals surface area contributed by atoms with Crippen molar-refractivity contribution in [1.29, 1.82) is 0 Å². The fraction of sp³-hybridized carbons (Fsp3) is 0.833. The fourth-order valence-electron chi connectivity index (χ4n) is 5.37. The highest BCUT2D eigenvalue weighted by molar-refractivity contribution is 6.09. The number of hydrogen-bond acceptors (Lipinski definition) is 4. The van der Waals surface area contributed by atoms with Crippen LogP contribution in [0.5, 0.6) is 0 Å². The van der Waals surface area contributed by atoms with E-state index in [9.17, 15) is 19.2 Å². The van der Waals surface area contributed by atoms with Gasteiger partial charge < -0.3 is 15.5 Å². The first kappa shape index (κ1) is 24.5. The second-order valence-electron chi connectivity index (χ2n) is 10.8. The molecular formula is C24H40N4O4. The smallest absolute Gasteiger partial charge is 0.325 e. The van der Waals surface area contributed by atoms with Crippen molar-refractivity contribution >= 4 is 23.8 Å². The number of nitrogens with one attached hydrogen (secondary N) is 2. The average molecular weight is 449 g/mol. The molecule has 3 rings (SSSR count). The van der Waals surface area contributed by atoms with E-state index in [1.165, 1.54) is 0 Å². The Morgan fingerprint density at radius 3 is 2.25 bits per heavy atom. The number of piperidine rings is 1. The lowest BCUT2D eigenvalue weighted by molar-refractivity contribution is -0.137. The Morgan fingerprint density at radius 2 is 1.72 bits per heavy atom. The highest BCUT2D eigenvalue weighted by atomic mass is 16.2. The quantitative estimate of drug-likeness (QED) is 0.610. The molecule has 3 aliphatic rings. The molecule has 1 saturated carbocycles. The van der Waals surface area contributed by atoms with E-state index in [1.54, 1.807) is 0 Å². The number of carbonyl (C=O) groups excluding carboxylic acids is 4. The van der Waals surface area contributed by atoms with Crippen molar-refractivity contribution in [2.75, 3.05) is 19.6 Å². The van der Waals surface area contributed by atoms with E-state index in [2.05, 4.69) is 31.4 Å². The van der Waals surface area contributed by atoms with E-state index < -0.39 is 11.6 Å². The fourth-order valence-corrected chi connectivity index (χ4v) is 5.37. The number of rotatable bonds is 6. The van der Waals surface area contributed by atoms with Crippen LogP contribution >= 0.6 is 0 Å². The van der Waals surface area contributed by atoms with Crippen molar-refractivity contribution in [2.45, 2.75) is 91.1 Å². The van der Waals surface area contributed by atoms with Gasteiger partial charge in [0.15, 0.2) is 0 Å². The second-order valence-corrected chi connectivity index (χ2v) is 10.8. The van der Waals surface area contributed by atoms with Crippen LogP contribution in [0.2, 0.25) is 0 Å². The van der Waals surface area contributed by atoms with Gasteiger partial charge in [0.05, 0.1) is 0 Å². The standard InChI is InChI=1S/C24H40N4O4/c1-6-23(4,5)17-7-11-24(12-8-17)21(31)28(22(32)26-24)15-19(29)25-18-9-13-27(14-10-18)20(30)16(2)3/h16-18H,6-15H2,1-5H3,(H,25,29)(H,26,32). The molecule has 1 aliphatic carbocycles. The molecule has 0 atom stereocenters. The van der Waals surface area contributed by atoms with Gasteiger partial charge in [-0.3, -0.25) is 19.3 Å². The monoisotopic (exact) mass is 448 g/mol. The summed E-state index contributed by atoms with van der Waals surface area (Å²) in [5.41, 5.74) is -0.623. The van der Waals surface area contributed by atoms with Gasteiger partial charge in [0.1, 0.15) is 12.1 Å². The van der Waals surface area contributed by atoms with Crippen molar-refractivity contribution in [2.24, 2.45) is 17.3 Å². The maximum absolute atomic E-state index is 13.1. The van der Waals surface area contributed by atoms with E-state index >= 15 is 0 Å². The molecule has 32 heavy (non-hydrogen) atoms. The Morgan fingerprint density at radius 1 is 1.12 bits per heavy atom. The summed E-state index contributed by atoms with van der Waals surface area (Å²) in [4.78, 5) is 53.4. The highest BCUT2D eigenvalue weighted by Crippen LogP contribution is 2.45. The van der Waals surface area contributed by atoms with E-state index in [0.717, 1.165) is 24.2 Å². The zero-order valence-corrected chi connectivity index (χ0v) is 20.3. The molecule has 2 saturated heterocycles. The minimum Gasteiger partial charge on any atom is -0.352 e. The van der Waals surface area contributed by atoms with Gasteiger partial charge in [-0.15, -0.1) is 0 Å². The molecule has 2 N–H and O–H groups in total. The van der Waals surface area contributed by atoms with Crippen LogP contribution in [-0.2, 0) is 14.4 Å². The first-order valence-electron chi connectivity index (χ1n) is 12.2. The van der Waals surface area contributed by atoms with Crippen molar-refractivity contribution in [3.05, 3.63) is 0 Å². The van der Waals surface area contributed by atoms with Crippen LogP contribution in [0.3, 0.4) is 0 Å². The number of carbonyl (C=O) groups is 4. The number of imide groups is 1. The Labute approximate surface area is 191 Å². The summed E-state index contributed by atoms with van der Waals surface area (Å²) in [5.74, 6) is 0.0593. The van der Waals surface area contributed by atoms with Crippen LogP contribution in [0.1, 0.15) is 79.6 Å². The zero-order chi connectivity index (χ0) is 23.7.